The molecule has 2 rings (SSSR count). The van der Waals surface area contributed by atoms with Crippen molar-refractivity contribution in [2.75, 3.05) is 0 Å². The summed E-state index contributed by atoms with van der Waals surface area (Å²) in [5.41, 5.74) is 0.780. The average molecular weight is 260 g/mol. The Morgan fingerprint density at radius 3 is 2.81 bits per heavy atom. The first-order valence-electron chi connectivity index (χ1n) is 4.51. The van der Waals surface area contributed by atoms with Crippen molar-refractivity contribution < 1.29 is 9.90 Å². The van der Waals surface area contributed by atoms with Crippen molar-refractivity contribution in [2.45, 2.75) is 13.3 Å². The molecule has 0 spiro atoms. The normalized spacial score (nSPS) is 10.9. The van der Waals surface area contributed by atoms with Gasteiger partial charge in [-0.3, -0.25) is 0 Å². The maximum Gasteiger partial charge on any atom is 0.341 e. The number of carboxylic acid groups (broad SMARTS) is 1. The fourth-order valence-electron chi connectivity index (χ4n) is 1.41. The molecule has 0 unspecified atom stereocenters. The Morgan fingerprint density at radius 2 is 2.25 bits per heavy atom. The van der Waals surface area contributed by atoms with Crippen LogP contribution in [-0.2, 0) is 6.42 Å². The number of carbonyl (C=O) groups is 1. The van der Waals surface area contributed by atoms with Crippen LogP contribution in [0.1, 0.15) is 22.8 Å². The van der Waals surface area contributed by atoms with E-state index >= 15 is 0 Å². The summed E-state index contributed by atoms with van der Waals surface area (Å²) in [6.45, 7) is 1.88. The number of rotatable bonds is 2. The molecule has 0 saturated heterocycles. The Kier molecular flexibility index (Phi) is 2.73. The number of hydrogen-bond acceptors (Lipinski definition) is 3. The third kappa shape index (κ3) is 1.52. The van der Waals surface area contributed by atoms with Crippen LogP contribution in [-0.4, -0.2) is 25.7 Å². The average Bonchev–Trinajstić information content (AvgIpc) is 2.62. The zero-order valence-corrected chi connectivity index (χ0v) is 9.75. The number of halogens is 2. The number of aromatic carboxylic acids is 1. The quantitative estimate of drug-likeness (QED) is 0.841. The summed E-state index contributed by atoms with van der Waals surface area (Å²) in [7, 11) is 0. The molecular formula is C9H7Cl2N3O2. The Morgan fingerprint density at radius 1 is 1.56 bits per heavy atom. The third-order valence-corrected chi connectivity index (χ3v) is 2.92. The van der Waals surface area contributed by atoms with E-state index < -0.39 is 5.97 Å². The van der Waals surface area contributed by atoms with Gasteiger partial charge in [0, 0.05) is 5.56 Å². The second-order valence-corrected chi connectivity index (χ2v) is 3.84. The Bertz CT molecular complexity index is 580. The largest absolute Gasteiger partial charge is 0.477 e. The molecule has 0 atom stereocenters. The standard InChI is InChI=1S/C9H7Cl2N3O2/c1-2-4-6(10)13-8-5(9(15)16)3-12-14(8)7(4)11/h3H,2H2,1H3,(H,15,16). The molecule has 0 bridgehead atoms. The van der Waals surface area contributed by atoms with Gasteiger partial charge in [0.1, 0.15) is 15.9 Å². The molecule has 0 aliphatic carbocycles. The lowest BCUT2D eigenvalue weighted by Crippen LogP contribution is -2.02. The lowest BCUT2D eigenvalue weighted by atomic mass is 10.2. The molecule has 2 aromatic heterocycles. The van der Waals surface area contributed by atoms with Crippen molar-refractivity contribution in [3.8, 4) is 0 Å². The van der Waals surface area contributed by atoms with Gasteiger partial charge in [0.15, 0.2) is 5.65 Å². The van der Waals surface area contributed by atoms with Gasteiger partial charge in [0.05, 0.1) is 6.20 Å². The maximum absolute atomic E-state index is 10.9. The molecule has 16 heavy (non-hydrogen) atoms. The van der Waals surface area contributed by atoms with Gasteiger partial charge in [-0.1, -0.05) is 30.1 Å². The number of carboxylic acids is 1. The molecule has 0 amide bonds. The molecular weight excluding hydrogens is 253 g/mol. The lowest BCUT2D eigenvalue weighted by Gasteiger charge is -2.05. The fraction of sp³-hybridized carbons (Fsp3) is 0.222. The topological polar surface area (TPSA) is 67.5 Å². The fourth-order valence-corrected chi connectivity index (χ4v) is 2.11. The van der Waals surface area contributed by atoms with Crippen LogP contribution in [0.15, 0.2) is 6.20 Å². The van der Waals surface area contributed by atoms with Gasteiger partial charge in [-0.25, -0.2) is 14.3 Å². The van der Waals surface area contributed by atoms with E-state index in [-0.39, 0.29) is 16.4 Å². The molecule has 0 saturated carbocycles. The van der Waals surface area contributed by atoms with Gasteiger partial charge in [0.25, 0.3) is 0 Å². The number of aromatic nitrogens is 3. The molecule has 0 radical (unpaired) electrons. The van der Waals surface area contributed by atoms with Crippen molar-refractivity contribution >= 4 is 34.8 Å². The van der Waals surface area contributed by atoms with E-state index in [1.807, 2.05) is 6.92 Å². The summed E-state index contributed by atoms with van der Waals surface area (Å²) < 4.78 is 1.27. The van der Waals surface area contributed by atoms with Crippen molar-refractivity contribution in [1.29, 1.82) is 0 Å². The highest BCUT2D eigenvalue weighted by Crippen LogP contribution is 2.25. The van der Waals surface area contributed by atoms with E-state index in [0.717, 1.165) is 0 Å². The zero-order valence-electron chi connectivity index (χ0n) is 8.24. The monoisotopic (exact) mass is 259 g/mol. The summed E-state index contributed by atoms with van der Waals surface area (Å²) in [6.07, 6.45) is 1.80. The van der Waals surface area contributed by atoms with Crippen molar-refractivity contribution in [3.05, 3.63) is 27.6 Å². The van der Waals surface area contributed by atoms with Crippen LogP contribution < -0.4 is 0 Å². The van der Waals surface area contributed by atoms with Crippen LogP contribution in [0.4, 0.5) is 0 Å². The highest BCUT2D eigenvalue weighted by Gasteiger charge is 2.18. The van der Waals surface area contributed by atoms with Crippen LogP contribution in [0.3, 0.4) is 0 Å². The van der Waals surface area contributed by atoms with E-state index in [1.165, 1.54) is 10.7 Å². The van der Waals surface area contributed by atoms with Gasteiger partial charge < -0.3 is 5.11 Å². The molecule has 0 aliphatic heterocycles. The van der Waals surface area contributed by atoms with E-state index in [2.05, 4.69) is 10.1 Å². The minimum Gasteiger partial charge on any atom is -0.477 e. The summed E-state index contributed by atoms with van der Waals surface area (Å²) in [5, 5.41) is 13.3. The van der Waals surface area contributed by atoms with Crippen molar-refractivity contribution in [2.24, 2.45) is 0 Å². The summed E-state index contributed by atoms with van der Waals surface area (Å²) in [4.78, 5) is 14.9. The SMILES string of the molecule is CCc1c(Cl)nc2c(C(=O)O)cnn2c1Cl. The summed E-state index contributed by atoms with van der Waals surface area (Å²) >= 11 is 12.0. The predicted octanol–water partition coefficient (Wildman–Crippen LogP) is 2.30. The molecule has 0 fully saturated rings. The first kappa shape index (κ1) is 11.2. The first-order valence-corrected chi connectivity index (χ1v) is 5.26. The number of fused-ring (bicyclic) bond motifs is 1. The molecule has 0 aliphatic rings. The lowest BCUT2D eigenvalue weighted by molar-refractivity contribution is 0.0699. The summed E-state index contributed by atoms with van der Waals surface area (Å²) in [6, 6.07) is 0. The first-order chi connectivity index (χ1) is 7.56. The molecule has 0 aromatic carbocycles. The minimum atomic E-state index is -1.11. The van der Waals surface area contributed by atoms with Crippen LogP contribution in [0.5, 0.6) is 0 Å². The Labute approximate surface area is 101 Å². The second-order valence-electron chi connectivity index (χ2n) is 3.12. The molecule has 1 N–H and O–H groups in total. The summed E-state index contributed by atoms with van der Waals surface area (Å²) in [5.74, 6) is -1.11. The zero-order chi connectivity index (χ0) is 11.9. The third-order valence-electron chi connectivity index (χ3n) is 2.22. The highest BCUT2D eigenvalue weighted by atomic mass is 35.5. The van der Waals surface area contributed by atoms with Gasteiger partial charge in [0.2, 0.25) is 0 Å². The smallest absolute Gasteiger partial charge is 0.341 e. The van der Waals surface area contributed by atoms with E-state index in [1.54, 1.807) is 0 Å². The second kappa shape index (κ2) is 3.92. The Hall–Kier alpha value is -1.33. The van der Waals surface area contributed by atoms with Crippen LogP contribution in [0.25, 0.3) is 5.65 Å². The van der Waals surface area contributed by atoms with Crippen molar-refractivity contribution in [3.63, 3.8) is 0 Å². The van der Waals surface area contributed by atoms with Gasteiger partial charge in [-0.2, -0.15) is 5.10 Å². The number of hydrogen-bond donors (Lipinski definition) is 1. The molecule has 84 valence electrons. The molecule has 2 aromatic rings. The van der Waals surface area contributed by atoms with Gasteiger partial charge in [-0.05, 0) is 6.42 Å². The minimum absolute atomic E-state index is 0.0218. The van der Waals surface area contributed by atoms with Crippen LogP contribution >= 0.6 is 23.2 Å². The van der Waals surface area contributed by atoms with E-state index in [4.69, 9.17) is 28.3 Å². The van der Waals surface area contributed by atoms with Crippen LogP contribution in [0, 0.1) is 0 Å². The van der Waals surface area contributed by atoms with E-state index in [9.17, 15) is 4.79 Å². The molecule has 7 heteroatoms. The van der Waals surface area contributed by atoms with Gasteiger partial charge >= 0.3 is 5.97 Å². The van der Waals surface area contributed by atoms with Gasteiger partial charge in [-0.15, -0.1) is 0 Å². The Balaban J connectivity index is 2.84. The predicted molar refractivity (Wildman–Crippen MR) is 59.3 cm³/mol. The maximum atomic E-state index is 10.9. The van der Waals surface area contributed by atoms with Crippen LogP contribution in [0.2, 0.25) is 10.3 Å². The number of nitrogens with zero attached hydrogens (tertiary/aromatic N) is 3. The van der Waals surface area contributed by atoms with Crippen molar-refractivity contribution in [1.82, 2.24) is 14.6 Å². The highest BCUT2D eigenvalue weighted by molar-refractivity contribution is 6.35. The molecule has 2 heterocycles. The molecule has 5 nitrogen and oxygen atoms in total. The van der Waals surface area contributed by atoms with E-state index in [0.29, 0.717) is 17.1 Å².